The highest BCUT2D eigenvalue weighted by molar-refractivity contribution is 5.99. The third kappa shape index (κ3) is 4.49. The summed E-state index contributed by atoms with van der Waals surface area (Å²) in [5, 5.41) is 4.35. The summed E-state index contributed by atoms with van der Waals surface area (Å²) in [4.78, 5) is 20.8. The second-order valence-electron chi connectivity index (χ2n) is 6.55. The van der Waals surface area contributed by atoms with Crippen molar-refractivity contribution in [3.63, 3.8) is 0 Å². The van der Waals surface area contributed by atoms with E-state index in [0.717, 1.165) is 42.2 Å². The zero-order chi connectivity index (χ0) is 18.5. The molecule has 1 aliphatic rings. The summed E-state index contributed by atoms with van der Waals surface area (Å²) >= 11 is 0. The van der Waals surface area contributed by atoms with Crippen molar-refractivity contribution in [1.29, 1.82) is 0 Å². The van der Waals surface area contributed by atoms with Gasteiger partial charge in [0.2, 0.25) is 5.95 Å². The van der Waals surface area contributed by atoms with Crippen molar-refractivity contribution in [2.24, 2.45) is 5.10 Å². The summed E-state index contributed by atoms with van der Waals surface area (Å²) in [6.07, 6.45) is 2.52. The minimum atomic E-state index is -0.204. The molecule has 138 valence electrons. The van der Waals surface area contributed by atoms with E-state index >= 15 is 0 Å². The highest BCUT2D eigenvalue weighted by Gasteiger charge is 2.15. The van der Waals surface area contributed by atoms with E-state index in [0.29, 0.717) is 11.6 Å². The number of aromatic nitrogens is 2. The molecule has 2 heterocycles. The number of hydrazone groups is 1. The molecule has 2 aromatic rings. The zero-order valence-electron chi connectivity index (χ0n) is 15.5. The van der Waals surface area contributed by atoms with Crippen LogP contribution < -0.4 is 15.7 Å². The maximum absolute atomic E-state index is 11.5. The second-order valence-corrected chi connectivity index (χ2v) is 6.55. The molecule has 3 rings (SSSR count). The number of ether oxygens (including phenoxy) is 1. The SMILES string of the molecule is COc1ccc(/C(C)=N\Nc2nc(C)cc(=O)[nH]2)cc1CN1CCCC1. The molecule has 0 aliphatic carbocycles. The molecule has 1 saturated heterocycles. The van der Waals surface area contributed by atoms with Crippen molar-refractivity contribution in [1.82, 2.24) is 14.9 Å². The minimum Gasteiger partial charge on any atom is -0.496 e. The van der Waals surface area contributed by atoms with Crippen LogP contribution in [0.15, 0.2) is 34.2 Å². The molecule has 7 heteroatoms. The van der Waals surface area contributed by atoms with Crippen LogP contribution in [-0.4, -0.2) is 40.8 Å². The van der Waals surface area contributed by atoms with Gasteiger partial charge >= 0.3 is 0 Å². The first-order valence-electron chi connectivity index (χ1n) is 8.83. The lowest BCUT2D eigenvalue weighted by Gasteiger charge is -2.17. The number of H-pyrrole nitrogens is 1. The van der Waals surface area contributed by atoms with Crippen LogP contribution >= 0.6 is 0 Å². The number of aromatic amines is 1. The summed E-state index contributed by atoms with van der Waals surface area (Å²) in [6.45, 7) is 6.83. The zero-order valence-corrected chi connectivity index (χ0v) is 15.5. The lowest BCUT2D eigenvalue weighted by molar-refractivity contribution is 0.321. The Morgan fingerprint density at radius 2 is 2.12 bits per heavy atom. The fourth-order valence-electron chi connectivity index (χ4n) is 3.14. The third-order valence-corrected chi connectivity index (χ3v) is 4.49. The Morgan fingerprint density at radius 3 is 2.81 bits per heavy atom. The number of likely N-dealkylation sites (tertiary alicyclic amines) is 1. The van der Waals surface area contributed by atoms with Gasteiger partial charge in [-0.2, -0.15) is 5.10 Å². The maximum Gasteiger partial charge on any atom is 0.252 e. The Kier molecular flexibility index (Phi) is 5.68. The third-order valence-electron chi connectivity index (χ3n) is 4.49. The summed E-state index contributed by atoms with van der Waals surface area (Å²) in [5.74, 6) is 1.23. The van der Waals surface area contributed by atoms with Gasteiger partial charge in [0.15, 0.2) is 0 Å². The van der Waals surface area contributed by atoms with E-state index < -0.39 is 0 Å². The van der Waals surface area contributed by atoms with Crippen LogP contribution in [0.1, 0.15) is 36.6 Å². The molecular formula is C19H25N5O2. The smallest absolute Gasteiger partial charge is 0.252 e. The molecule has 26 heavy (non-hydrogen) atoms. The summed E-state index contributed by atoms with van der Waals surface area (Å²) in [6, 6.07) is 7.52. The van der Waals surface area contributed by atoms with Crippen molar-refractivity contribution in [3.05, 3.63) is 51.4 Å². The second kappa shape index (κ2) is 8.14. The molecule has 2 N–H and O–H groups in total. The average Bonchev–Trinajstić information content (AvgIpc) is 3.12. The van der Waals surface area contributed by atoms with Crippen LogP contribution in [0.2, 0.25) is 0 Å². The van der Waals surface area contributed by atoms with Gasteiger partial charge in [0.1, 0.15) is 5.75 Å². The number of hydrogen-bond donors (Lipinski definition) is 2. The molecule has 0 spiro atoms. The van der Waals surface area contributed by atoms with Crippen LogP contribution in [0.5, 0.6) is 5.75 Å². The first-order valence-corrected chi connectivity index (χ1v) is 8.83. The summed E-state index contributed by atoms with van der Waals surface area (Å²) in [5.41, 5.74) is 6.23. The number of anilines is 1. The van der Waals surface area contributed by atoms with E-state index in [1.165, 1.54) is 18.9 Å². The number of nitrogens with one attached hydrogen (secondary N) is 2. The van der Waals surface area contributed by atoms with Gasteiger partial charge in [-0.1, -0.05) is 0 Å². The molecule has 1 aromatic heterocycles. The average molecular weight is 355 g/mol. The number of methoxy groups -OCH3 is 1. The Labute approximate surface area is 153 Å². The van der Waals surface area contributed by atoms with E-state index in [1.54, 1.807) is 14.0 Å². The van der Waals surface area contributed by atoms with Crippen molar-refractivity contribution in [3.8, 4) is 5.75 Å². The normalized spacial score (nSPS) is 15.3. The largest absolute Gasteiger partial charge is 0.496 e. The monoisotopic (exact) mass is 355 g/mol. The van der Waals surface area contributed by atoms with Crippen LogP contribution in [-0.2, 0) is 6.54 Å². The maximum atomic E-state index is 11.5. The first-order chi connectivity index (χ1) is 12.5. The Bertz CT molecular complexity index is 853. The standard InChI is InChI=1S/C19H25N5O2/c1-13-10-18(25)21-19(20-13)23-22-14(2)15-6-7-17(26-3)16(11-15)12-24-8-4-5-9-24/h6-7,10-11H,4-5,8-9,12H2,1-3H3,(H2,20,21,23,25)/b22-14-. The van der Waals surface area contributed by atoms with Gasteiger partial charge in [0, 0.05) is 23.9 Å². The Hall–Kier alpha value is -2.67. The predicted octanol–water partition coefficient (Wildman–Crippen LogP) is 2.52. The molecule has 0 amide bonds. The van der Waals surface area contributed by atoms with E-state index in [9.17, 15) is 4.79 Å². The molecule has 0 bridgehead atoms. The molecule has 7 nitrogen and oxygen atoms in total. The van der Waals surface area contributed by atoms with Crippen LogP contribution in [0, 0.1) is 6.92 Å². The van der Waals surface area contributed by atoms with Gasteiger partial charge < -0.3 is 4.74 Å². The lowest BCUT2D eigenvalue weighted by Crippen LogP contribution is -2.19. The van der Waals surface area contributed by atoms with Crippen LogP contribution in [0.3, 0.4) is 0 Å². The van der Waals surface area contributed by atoms with Gasteiger partial charge in [-0.25, -0.2) is 10.4 Å². The highest BCUT2D eigenvalue weighted by atomic mass is 16.5. The van der Waals surface area contributed by atoms with Gasteiger partial charge in [0.25, 0.3) is 5.56 Å². The fourth-order valence-corrected chi connectivity index (χ4v) is 3.14. The van der Waals surface area contributed by atoms with Crippen molar-refractivity contribution in [2.45, 2.75) is 33.2 Å². The van der Waals surface area contributed by atoms with E-state index in [4.69, 9.17) is 4.74 Å². The summed E-state index contributed by atoms with van der Waals surface area (Å²) < 4.78 is 5.51. The number of aryl methyl sites for hydroxylation is 1. The van der Waals surface area contributed by atoms with Crippen molar-refractivity contribution >= 4 is 11.7 Å². The number of rotatable bonds is 6. The molecule has 0 atom stereocenters. The predicted molar refractivity (Wildman–Crippen MR) is 103 cm³/mol. The molecule has 0 saturated carbocycles. The number of hydrogen-bond acceptors (Lipinski definition) is 6. The van der Waals surface area contributed by atoms with E-state index in [-0.39, 0.29) is 5.56 Å². The molecule has 0 unspecified atom stereocenters. The summed E-state index contributed by atoms with van der Waals surface area (Å²) in [7, 11) is 1.70. The quantitative estimate of drug-likeness (QED) is 0.615. The molecule has 1 aromatic carbocycles. The molecule has 1 aliphatic heterocycles. The first kappa shape index (κ1) is 18.1. The van der Waals surface area contributed by atoms with Gasteiger partial charge in [0.05, 0.1) is 12.8 Å². The van der Waals surface area contributed by atoms with Crippen molar-refractivity contribution < 1.29 is 4.74 Å². The van der Waals surface area contributed by atoms with Gasteiger partial charge in [-0.05, 0) is 63.5 Å². The van der Waals surface area contributed by atoms with Gasteiger partial charge in [-0.15, -0.1) is 0 Å². The Balaban J connectivity index is 1.79. The fraction of sp³-hybridized carbons (Fsp3) is 0.421. The molecule has 0 radical (unpaired) electrons. The van der Waals surface area contributed by atoms with E-state index in [1.807, 2.05) is 19.1 Å². The van der Waals surface area contributed by atoms with Gasteiger partial charge in [-0.3, -0.25) is 14.7 Å². The van der Waals surface area contributed by atoms with Crippen LogP contribution in [0.25, 0.3) is 0 Å². The number of benzene rings is 1. The minimum absolute atomic E-state index is 0.204. The van der Waals surface area contributed by atoms with Crippen molar-refractivity contribution in [2.75, 3.05) is 25.6 Å². The molecule has 1 fully saturated rings. The number of nitrogens with zero attached hydrogens (tertiary/aromatic N) is 3. The molecular weight excluding hydrogens is 330 g/mol. The topological polar surface area (TPSA) is 82.6 Å². The highest BCUT2D eigenvalue weighted by Crippen LogP contribution is 2.23. The van der Waals surface area contributed by atoms with Crippen LogP contribution in [0.4, 0.5) is 5.95 Å². The Morgan fingerprint density at radius 1 is 1.35 bits per heavy atom. The van der Waals surface area contributed by atoms with E-state index in [2.05, 4.69) is 31.5 Å². The lowest BCUT2D eigenvalue weighted by atomic mass is 10.1.